The van der Waals surface area contributed by atoms with Crippen molar-refractivity contribution in [2.75, 3.05) is 0 Å². The van der Waals surface area contributed by atoms with E-state index in [0.717, 1.165) is 30.9 Å². The van der Waals surface area contributed by atoms with Gasteiger partial charge < -0.3 is 14.8 Å². The van der Waals surface area contributed by atoms with Crippen molar-refractivity contribution in [1.82, 2.24) is 5.32 Å². The molecule has 1 amide bonds. The van der Waals surface area contributed by atoms with Gasteiger partial charge in [-0.3, -0.25) is 4.79 Å². The first-order chi connectivity index (χ1) is 10.9. The Kier molecular flexibility index (Phi) is 3.63. The molecule has 2 aromatic rings. The zero-order valence-corrected chi connectivity index (χ0v) is 11.9. The molecule has 5 nitrogen and oxygen atoms in total. The quantitative estimate of drug-likeness (QED) is 0.907. The second kappa shape index (κ2) is 5.49. The van der Waals surface area contributed by atoms with E-state index >= 15 is 0 Å². The molecule has 1 fully saturated rings. The Morgan fingerprint density at radius 1 is 1.22 bits per heavy atom. The molecule has 23 heavy (non-hydrogen) atoms. The number of furan rings is 1. The molecule has 0 unspecified atom stereocenters. The predicted octanol–water partition coefficient (Wildman–Crippen LogP) is 3.07. The molecule has 120 valence electrons. The van der Waals surface area contributed by atoms with Gasteiger partial charge in [0.2, 0.25) is 0 Å². The van der Waals surface area contributed by atoms with E-state index in [0.29, 0.717) is 12.8 Å². The van der Waals surface area contributed by atoms with Crippen molar-refractivity contribution in [3.63, 3.8) is 0 Å². The average Bonchev–Trinajstić information content (AvgIpc) is 2.93. The van der Waals surface area contributed by atoms with Gasteiger partial charge >= 0.3 is 5.97 Å². The Morgan fingerprint density at radius 3 is 2.48 bits per heavy atom. The van der Waals surface area contributed by atoms with E-state index in [9.17, 15) is 18.4 Å². The molecule has 3 rings (SSSR count). The van der Waals surface area contributed by atoms with Gasteiger partial charge in [-0.15, -0.1) is 0 Å². The lowest BCUT2D eigenvalue weighted by molar-refractivity contribution is 0.0695. The van der Waals surface area contributed by atoms with Crippen molar-refractivity contribution >= 4 is 11.9 Å². The molecule has 0 aliphatic heterocycles. The van der Waals surface area contributed by atoms with Crippen LogP contribution in [0.15, 0.2) is 34.9 Å². The van der Waals surface area contributed by atoms with Gasteiger partial charge in [0.05, 0.1) is 11.1 Å². The zero-order chi connectivity index (χ0) is 16.6. The number of amides is 1. The summed E-state index contributed by atoms with van der Waals surface area (Å²) >= 11 is 0. The molecule has 0 atom stereocenters. The number of hydrogen-bond donors (Lipinski definition) is 2. The number of carbonyl (C=O) groups excluding carboxylic acids is 1. The highest BCUT2D eigenvalue weighted by Crippen LogP contribution is 2.42. The van der Waals surface area contributed by atoms with Crippen molar-refractivity contribution in [3.05, 3.63) is 59.1 Å². The van der Waals surface area contributed by atoms with Crippen molar-refractivity contribution in [3.8, 4) is 0 Å². The van der Waals surface area contributed by atoms with Crippen LogP contribution in [0.5, 0.6) is 0 Å². The number of hydrogen-bond acceptors (Lipinski definition) is 3. The van der Waals surface area contributed by atoms with Gasteiger partial charge in [0.15, 0.2) is 5.76 Å². The molecule has 1 aromatic carbocycles. The lowest BCUT2D eigenvalue weighted by atomic mass is 9.71. The zero-order valence-electron chi connectivity index (χ0n) is 11.9. The summed E-state index contributed by atoms with van der Waals surface area (Å²) in [6.07, 6.45) is 2.76. The smallest absolute Gasteiger partial charge is 0.338 e. The van der Waals surface area contributed by atoms with Crippen molar-refractivity contribution in [2.45, 2.75) is 24.8 Å². The first kappa shape index (κ1) is 15.2. The molecule has 0 saturated heterocycles. The molecule has 7 heteroatoms. The fraction of sp³-hybridized carbons (Fsp3) is 0.250. The van der Waals surface area contributed by atoms with Crippen LogP contribution in [0.3, 0.4) is 0 Å². The van der Waals surface area contributed by atoms with E-state index in [-0.39, 0.29) is 16.9 Å². The number of carbonyl (C=O) groups is 2. The molecule has 0 radical (unpaired) electrons. The first-order valence-electron chi connectivity index (χ1n) is 7.01. The van der Waals surface area contributed by atoms with Gasteiger partial charge in [-0.05, 0) is 25.3 Å². The number of carboxylic acids is 1. The number of rotatable bonds is 4. The summed E-state index contributed by atoms with van der Waals surface area (Å²) in [5.74, 6) is -3.44. The van der Waals surface area contributed by atoms with Crippen molar-refractivity contribution < 1.29 is 27.9 Å². The summed E-state index contributed by atoms with van der Waals surface area (Å²) in [7, 11) is 0. The summed E-state index contributed by atoms with van der Waals surface area (Å²) in [5, 5.41) is 11.5. The number of nitrogens with one attached hydrogen (secondary N) is 1. The number of aromatic carboxylic acids is 1. The minimum absolute atomic E-state index is 0.147. The Hall–Kier alpha value is -2.70. The molecule has 1 saturated carbocycles. The molecular weight excluding hydrogens is 308 g/mol. The fourth-order valence-electron chi connectivity index (χ4n) is 2.72. The Bertz CT molecular complexity index is 780. The van der Waals surface area contributed by atoms with Crippen molar-refractivity contribution in [2.24, 2.45) is 0 Å². The van der Waals surface area contributed by atoms with E-state index in [1.807, 2.05) is 0 Å². The summed E-state index contributed by atoms with van der Waals surface area (Å²) in [6.45, 7) is 0. The highest BCUT2D eigenvalue weighted by atomic mass is 19.1. The Labute approximate surface area is 129 Å². The SMILES string of the molecule is O=C(O)c1coc(C(=O)NC2(c3ccc(F)cc3F)CCC2)c1. The molecule has 1 aromatic heterocycles. The van der Waals surface area contributed by atoms with Crippen molar-refractivity contribution in [1.29, 1.82) is 0 Å². The fourth-order valence-corrected chi connectivity index (χ4v) is 2.72. The predicted molar refractivity (Wildman–Crippen MR) is 75.0 cm³/mol. The highest BCUT2D eigenvalue weighted by Gasteiger charge is 2.42. The van der Waals surface area contributed by atoms with Crippen LogP contribution in [0.2, 0.25) is 0 Å². The Balaban J connectivity index is 1.86. The van der Waals surface area contributed by atoms with Gasteiger partial charge in [0, 0.05) is 17.7 Å². The van der Waals surface area contributed by atoms with Gasteiger partial charge in [-0.25, -0.2) is 13.6 Å². The first-order valence-corrected chi connectivity index (χ1v) is 7.01. The van der Waals surface area contributed by atoms with E-state index in [2.05, 4.69) is 5.32 Å². The van der Waals surface area contributed by atoms with E-state index in [1.54, 1.807) is 0 Å². The van der Waals surface area contributed by atoms with E-state index in [1.165, 1.54) is 6.07 Å². The van der Waals surface area contributed by atoms with Crippen LogP contribution in [-0.4, -0.2) is 17.0 Å². The number of halogens is 2. The van der Waals surface area contributed by atoms with E-state index < -0.39 is 29.0 Å². The summed E-state index contributed by atoms with van der Waals surface area (Å²) in [6, 6.07) is 4.33. The van der Waals surface area contributed by atoms with Gasteiger partial charge in [-0.2, -0.15) is 0 Å². The third kappa shape index (κ3) is 2.69. The standard InChI is InChI=1S/C16H13F2NO4/c17-10-2-3-11(12(18)7-10)16(4-1-5-16)19-14(20)13-6-9(8-23-13)15(21)22/h2-3,6-8H,1,4-5H2,(H,19,20)(H,21,22). The molecule has 1 aliphatic carbocycles. The summed E-state index contributed by atoms with van der Waals surface area (Å²) in [4.78, 5) is 23.1. The number of carboxylic acid groups (broad SMARTS) is 1. The topological polar surface area (TPSA) is 79.5 Å². The normalized spacial score (nSPS) is 15.7. The summed E-state index contributed by atoms with van der Waals surface area (Å²) < 4.78 is 32.0. The minimum atomic E-state index is -1.21. The second-order valence-corrected chi connectivity index (χ2v) is 5.52. The molecular formula is C16H13F2NO4. The third-order valence-corrected chi connectivity index (χ3v) is 4.08. The maximum Gasteiger partial charge on any atom is 0.338 e. The van der Waals surface area contributed by atoms with Crippen LogP contribution < -0.4 is 5.32 Å². The molecule has 1 heterocycles. The highest BCUT2D eigenvalue weighted by molar-refractivity contribution is 5.95. The largest absolute Gasteiger partial charge is 0.478 e. The van der Waals surface area contributed by atoms with Gasteiger partial charge in [0.25, 0.3) is 5.91 Å². The maximum atomic E-state index is 14.0. The molecule has 0 bridgehead atoms. The number of benzene rings is 1. The van der Waals surface area contributed by atoms with Gasteiger partial charge in [-0.1, -0.05) is 6.07 Å². The average molecular weight is 321 g/mol. The van der Waals surface area contributed by atoms with Gasteiger partial charge in [0.1, 0.15) is 17.9 Å². The van der Waals surface area contributed by atoms with Crippen LogP contribution in [0.4, 0.5) is 8.78 Å². The molecule has 0 spiro atoms. The van der Waals surface area contributed by atoms with Crippen LogP contribution in [-0.2, 0) is 5.54 Å². The maximum absolute atomic E-state index is 14.0. The summed E-state index contributed by atoms with van der Waals surface area (Å²) in [5.41, 5.74) is -0.861. The lowest BCUT2D eigenvalue weighted by Crippen LogP contribution is -2.51. The monoisotopic (exact) mass is 321 g/mol. The van der Waals surface area contributed by atoms with Crippen LogP contribution >= 0.6 is 0 Å². The van der Waals surface area contributed by atoms with Crippen LogP contribution in [0, 0.1) is 11.6 Å². The minimum Gasteiger partial charge on any atom is -0.478 e. The lowest BCUT2D eigenvalue weighted by Gasteiger charge is -2.43. The molecule has 1 aliphatic rings. The second-order valence-electron chi connectivity index (χ2n) is 5.52. The van der Waals surface area contributed by atoms with Crippen LogP contribution in [0.25, 0.3) is 0 Å². The molecule has 2 N–H and O–H groups in total. The third-order valence-electron chi connectivity index (χ3n) is 4.08. The van der Waals surface area contributed by atoms with E-state index in [4.69, 9.17) is 9.52 Å². The Morgan fingerprint density at radius 2 is 1.96 bits per heavy atom. The van der Waals surface area contributed by atoms with Crippen LogP contribution in [0.1, 0.15) is 45.7 Å².